The number of hydrogen-bond acceptors (Lipinski definition) is 4. The standard InChI is InChI=1S/C19H26N2O2/c1-4-23-19(22)13-5-6-17(16(20)9-13)21-18-10-15-11(2)7-14(15)8-12(18)3/h5-6,9-12,14,18,21H,4,7-8,20H2,1-3H3. The zero-order valence-electron chi connectivity index (χ0n) is 14.1. The summed E-state index contributed by atoms with van der Waals surface area (Å²) in [5.41, 5.74) is 9.70. The van der Waals surface area contributed by atoms with Crippen molar-refractivity contribution in [2.75, 3.05) is 17.7 Å². The third-order valence-corrected chi connectivity index (χ3v) is 5.20. The Labute approximate surface area is 138 Å². The Morgan fingerprint density at radius 2 is 2.13 bits per heavy atom. The van der Waals surface area contributed by atoms with Crippen LogP contribution in [0.4, 0.5) is 11.4 Å². The van der Waals surface area contributed by atoms with E-state index < -0.39 is 0 Å². The van der Waals surface area contributed by atoms with Gasteiger partial charge >= 0.3 is 5.97 Å². The molecule has 4 atom stereocenters. The molecule has 3 rings (SSSR count). The Morgan fingerprint density at radius 1 is 1.35 bits per heavy atom. The lowest BCUT2D eigenvalue weighted by molar-refractivity contribution is 0.0526. The van der Waals surface area contributed by atoms with E-state index in [1.807, 2.05) is 6.07 Å². The van der Waals surface area contributed by atoms with Crippen molar-refractivity contribution in [2.24, 2.45) is 17.8 Å². The summed E-state index contributed by atoms with van der Waals surface area (Å²) in [6, 6.07) is 5.64. The van der Waals surface area contributed by atoms with E-state index >= 15 is 0 Å². The molecule has 4 heteroatoms. The number of nitrogen functional groups attached to an aromatic ring is 1. The maximum absolute atomic E-state index is 11.8. The molecule has 0 radical (unpaired) electrons. The Bertz CT molecular complexity index is 638. The van der Waals surface area contributed by atoms with Crippen LogP contribution in [0.5, 0.6) is 0 Å². The van der Waals surface area contributed by atoms with Crippen molar-refractivity contribution < 1.29 is 9.53 Å². The first kappa shape index (κ1) is 15.9. The Balaban J connectivity index is 1.75. The van der Waals surface area contributed by atoms with Crippen molar-refractivity contribution in [1.29, 1.82) is 0 Å². The number of benzene rings is 1. The molecule has 4 nitrogen and oxygen atoms in total. The molecule has 1 aromatic carbocycles. The number of nitrogens with two attached hydrogens (primary N) is 1. The first-order valence-corrected chi connectivity index (χ1v) is 8.54. The molecule has 3 N–H and O–H groups in total. The van der Waals surface area contributed by atoms with E-state index in [-0.39, 0.29) is 5.97 Å². The van der Waals surface area contributed by atoms with Crippen LogP contribution in [-0.2, 0) is 4.74 Å². The fourth-order valence-electron chi connectivity index (χ4n) is 3.84. The molecule has 0 amide bonds. The van der Waals surface area contributed by atoms with E-state index in [9.17, 15) is 4.79 Å². The Morgan fingerprint density at radius 3 is 2.78 bits per heavy atom. The highest BCUT2D eigenvalue weighted by Crippen LogP contribution is 2.47. The van der Waals surface area contributed by atoms with E-state index in [1.54, 1.807) is 24.6 Å². The maximum atomic E-state index is 11.8. The van der Waals surface area contributed by atoms with Crippen molar-refractivity contribution in [3.8, 4) is 0 Å². The van der Waals surface area contributed by atoms with Crippen molar-refractivity contribution in [1.82, 2.24) is 0 Å². The second-order valence-corrected chi connectivity index (χ2v) is 6.91. The second-order valence-electron chi connectivity index (χ2n) is 6.91. The third-order valence-electron chi connectivity index (χ3n) is 5.20. The van der Waals surface area contributed by atoms with Crippen molar-refractivity contribution >= 4 is 17.3 Å². The monoisotopic (exact) mass is 314 g/mol. The number of allylic oxidation sites excluding steroid dienone is 1. The summed E-state index contributed by atoms with van der Waals surface area (Å²) in [4.78, 5) is 11.8. The van der Waals surface area contributed by atoms with Crippen LogP contribution < -0.4 is 11.1 Å². The molecule has 23 heavy (non-hydrogen) atoms. The van der Waals surface area contributed by atoms with Crippen LogP contribution >= 0.6 is 0 Å². The van der Waals surface area contributed by atoms with Crippen LogP contribution in [-0.4, -0.2) is 18.6 Å². The Hall–Kier alpha value is -1.97. The summed E-state index contributed by atoms with van der Waals surface area (Å²) in [5.74, 6) is 1.77. The smallest absolute Gasteiger partial charge is 0.338 e. The minimum Gasteiger partial charge on any atom is -0.462 e. The molecule has 0 aliphatic heterocycles. The molecule has 2 aliphatic rings. The first-order valence-electron chi connectivity index (χ1n) is 8.54. The number of hydrogen-bond donors (Lipinski definition) is 2. The van der Waals surface area contributed by atoms with E-state index in [2.05, 4.69) is 25.2 Å². The number of esters is 1. The van der Waals surface area contributed by atoms with E-state index in [0.717, 1.165) is 17.5 Å². The van der Waals surface area contributed by atoms with Gasteiger partial charge in [0.1, 0.15) is 0 Å². The fourth-order valence-corrected chi connectivity index (χ4v) is 3.84. The molecule has 1 fully saturated rings. The molecule has 2 aliphatic carbocycles. The lowest BCUT2D eigenvalue weighted by Gasteiger charge is -2.45. The highest BCUT2D eigenvalue weighted by molar-refractivity contribution is 5.92. The number of nitrogens with one attached hydrogen (secondary N) is 1. The van der Waals surface area contributed by atoms with Crippen LogP contribution in [0.25, 0.3) is 0 Å². The fraction of sp³-hybridized carbons (Fsp3) is 0.526. The highest BCUT2D eigenvalue weighted by atomic mass is 16.5. The number of carbonyl (C=O) groups is 1. The quantitative estimate of drug-likeness (QED) is 0.503. The van der Waals surface area contributed by atoms with Crippen LogP contribution in [0.3, 0.4) is 0 Å². The molecule has 1 aromatic rings. The largest absolute Gasteiger partial charge is 0.462 e. The van der Waals surface area contributed by atoms with Crippen LogP contribution in [0, 0.1) is 17.8 Å². The molecule has 124 valence electrons. The molecule has 0 spiro atoms. The zero-order chi connectivity index (χ0) is 16.6. The molecule has 1 saturated carbocycles. The van der Waals surface area contributed by atoms with Gasteiger partial charge in [0.2, 0.25) is 0 Å². The number of rotatable bonds is 4. The van der Waals surface area contributed by atoms with E-state index in [0.29, 0.717) is 29.8 Å². The van der Waals surface area contributed by atoms with Crippen LogP contribution in [0.15, 0.2) is 29.8 Å². The van der Waals surface area contributed by atoms with Crippen molar-refractivity contribution in [3.63, 3.8) is 0 Å². The van der Waals surface area contributed by atoms with Crippen LogP contribution in [0.2, 0.25) is 0 Å². The molecule has 0 saturated heterocycles. The average Bonchev–Trinajstić information content (AvgIpc) is 2.51. The van der Waals surface area contributed by atoms with Gasteiger partial charge in [-0.1, -0.05) is 25.5 Å². The minimum atomic E-state index is -0.329. The molecule has 0 heterocycles. The van der Waals surface area contributed by atoms with Crippen molar-refractivity contribution in [3.05, 3.63) is 35.4 Å². The van der Waals surface area contributed by atoms with Gasteiger partial charge in [0.05, 0.1) is 23.5 Å². The average molecular weight is 314 g/mol. The summed E-state index contributed by atoms with van der Waals surface area (Å²) < 4.78 is 5.01. The molecular formula is C19H26N2O2. The third kappa shape index (κ3) is 3.07. The van der Waals surface area contributed by atoms with Gasteiger partial charge in [-0.05, 0) is 55.7 Å². The molecule has 4 unspecified atom stereocenters. The minimum absolute atomic E-state index is 0.305. The topological polar surface area (TPSA) is 64.3 Å². The predicted octanol–water partition coefficient (Wildman–Crippen LogP) is 3.85. The summed E-state index contributed by atoms with van der Waals surface area (Å²) in [6.45, 7) is 6.75. The maximum Gasteiger partial charge on any atom is 0.338 e. The number of fused-ring (bicyclic) bond motifs is 1. The number of ether oxygens (including phenoxy) is 1. The van der Waals surface area contributed by atoms with Gasteiger partial charge in [-0.15, -0.1) is 0 Å². The van der Waals surface area contributed by atoms with Gasteiger partial charge < -0.3 is 15.8 Å². The zero-order valence-corrected chi connectivity index (χ0v) is 14.1. The summed E-state index contributed by atoms with van der Waals surface area (Å²) in [7, 11) is 0. The SMILES string of the molecule is CCOC(=O)c1ccc(NC2C=C3C(C)CC3CC2C)c(N)c1. The van der Waals surface area contributed by atoms with Gasteiger partial charge in [-0.3, -0.25) is 0 Å². The van der Waals surface area contributed by atoms with Crippen LogP contribution in [0.1, 0.15) is 44.0 Å². The van der Waals surface area contributed by atoms with Gasteiger partial charge in [0.25, 0.3) is 0 Å². The lowest BCUT2D eigenvalue weighted by Crippen LogP contribution is -2.39. The first-order chi connectivity index (χ1) is 11.0. The van der Waals surface area contributed by atoms with Gasteiger partial charge in [-0.25, -0.2) is 4.79 Å². The highest BCUT2D eigenvalue weighted by Gasteiger charge is 2.38. The van der Waals surface area contributed by atoms with Crippen molar-refractivity contribution in [2.45, 2.75) is 39.7 Å². The van der Waals surface area contributed by atoms with E-state index in [1.165, 1.54) is 12.8 Å². The molecular weight excluding hydrogens is 288 g/mol. The lowest BCUT2D eigenvalue weighted by atomic mass is 9.63. The summed E-state index contributed by atoms with van der Waals surface area (Å²) in [6.07, 6.45) is 4.97. The number of carbonyl (C=O) groups excluding carboxylic acids is 1. The predicted molar refractivity (Wildman–Crippen MR) is 93.4 cm³/mol. The second kappa shape index (κ2) is 6.26. The normalized spacial score (nSPS) is 29.1. The van der Waals surface area contributed by atoms with Gasteiger partial charge in [0.15, 0.2) is 0 Å². The van der Waals surface area contributed by atoms with Gasteiger partial charge in [0, 0.05) is 6.04 Å². The summed E-state index contributed by atoms with van der Waals surface area (Å²) in [5, 5.41) is 3.55. The number of anilines is 2. The summed E-state index contributed by atoms with van der Waals surface area (Å²) >= 11 is 0. The molecule has 0 aromatic heterocycles. The Kier molecular flexibility index (Phi) is 4.33. The molecule has 0 bridgehead atoms. The van der Waals surface area contributed by atoms with E-state index in [4.69, 9.17) is 10.5 Å². The van der Waals surface area contributed by atoms with Gasteiger partial charge in [-0.2, -0.15) is 0 Å².